The summed E-state index contributed by atoms with van der Waals surface area (Å²) in [5.74, 6) is -3.88. The van der Waals surface area contributed by atoms with Gasteiger partial charge in [0.15, 0.2) is 12.2 Å². The average Bonchev–Trinajstić information content (AvgIpc) is 2.71. The molecule has 1 saturated heterocycles. The van der Waals surface area contributed by atoms with Crippen molar-refractivity contribution < 1.29 is 57.5 Å². The monoisotopic (exact) mass is 482 g/mol. The highest BCUT2D eigenvalue weighted by Crippen LogP contribution is 2.32. The van der Waals surface area contributed by atoms with E-state index in [4.69, 9.17) is 33.5 Å². The molecule has 2 rings (SSSR count). The molecule has 0 aliphatic carbocycles. The third-order valence-corrected chi connectivity index (χ3v) is 4.61. The van der Waals surface area contributed by atoms with Crippen LogP contribution in [0.3, 0.4) is 0 Å². The third-order valence-electron chi connectivity index (χ3n) is 4.61. The maximum absolute atomic E-state index is 11.8. The maximum atomic E-state index is 11.8. The van der Waals surface area contributed by atoms with Crippen LogP contribution in [0.5, 0.6) is 5.75 Å². The molecule has 186 valence electrons. The zero-order chi connectivity index (χ0) is 25.6. The summed E-state index contributed by atoms with van der Waals surface area (Å²) in [5.41, 5.74) is 0.444. The molecule has 1 heterocycles. The van der Waals surface area contributed by atoms with Crippen LogP contribution >= 0.6 is 0 Å². The van der Waals surface area contributed by atoms with Gasteiger partial charge >= 0.3 is 29.8 Å². The highest BCUT2D eigenvalue weighted by atomic mass is 16.7. The first kappa shape index (κ1) is 26.6. The van der Waals surface area contributed by atoms with Gasteiger partial charge in [0.1, 0.15) is 18.5 Å². The number of carboxylic acid groups (broad SMARTS) is 1. The molecule has 12 heteroatoms. The van der Waals surface area contributed by atoms with E-state index in [0.29, 0.717) is 5.56 Å². The predicted molar refractivity (Wildman–Crippen MR) is 111 cm³/mol. The number of aryl methyl sites for hydroxylation is 1. The van der Waals surface area contributed by atoms with E-state index in [-0.39, 0.29) is 11.3 Å². The number of carbonyl (C=O) groups is 5. The average molecular weight is 482 g/mol. The SMILES string of the molecule is CC(=O)OC[C@H]1OC(Oc2ccc(C(=O)O)cc2C)[C@H](OC(C)=O)[C@@H](OC(C)=O)[C@H]1OC(C)=O. The van der Waals surface area contributed by atoms with Gasteiger partial charge in [-0.15, -0.1) is 0 Å². The van der Waals surface area contributed by atoms with Gasteiger partial charge in [-0.3, -0.25) is 19.2 Å². The Balaban J connectivity index is 2.49. The molecule has 1 aromatic rings. The molecule has 0 radical (unpaired) electrons. The molecule has 5 atom stereocenters. The number of carbonyl (C=O) groups excluding carboxylic acids is 4. The number of hydrogen-bond acceptors (Lipinski definition) is 11. The lowest BCUT2D eigenvalue weighted by Crippen LogP contribution is -2.63. The molecule has 0 spiro atoms. The van der Waals surface area contributed by atoms with Gasteiger partial charge in [0.25, 0.3) is 0 Å². The Kier molecular flexibility index (Phi) is 8.96. The Morgan fingerprint density at radius 2 is 1.41 bits per heavy atom. The van der Waals surface area contributed by atoms with E-state index in [0.717, 1.165) is 27.7 Å². The van der Waals surface area contributed by atoms with Gasteiger partial charge in [-0.25, -0.2) is 4.79 Å². The molecular formula is C22H26O12. The van der Waals surface area contributed by atoms with Gasteiger partial charge < -0.3 is 33.5 Å². The van der Waals surface area contributed by atoms with Crippen LogP contribution in [-0.2, 0) is 42.9 Å². The summed E-state index contributed by atoms with van der Waals surface area (Å²) in [6.07, 6.45) is -6.64. The van der Waals surface area contributed by atoms with E-state index < -0.39 is 67.2 Å². The second kappa shape index (κ2) is 11.5. The lowest BCUT2D eigenvalue weighted by Gasteiger charge is -2.44. The summed E-state index contributed by atoms with van der Waals surface area (Å²) < 4.78 is 32.7. The quantitative estimate of drug-likeness (QED) is 0.416. The van der Waals surface area contributed by atoms with Crippen molar-refractivity contribution in [3.63, 3.8) is 0 Å². The topological polar surface area (TPSA) is 161 Å². The van der Waals surface area contributed by atoms with Crippen molar-refractivity contribution in [1.29, 1.82) is 0 Å². The fourth-order valence-electron chi connectivity index (χ4n) is 3.32. The summed E-state index contributed by atoms with van der Waals surface area (Å²) >= 11 is 0. The minimum atomic E-state index is -1.41. The summed E-state index contributed by atoms with van der Waals surface area (Å²) in [6, 6.07) is 4.05. The Hall–Kier alpha value is -3.67. The second-order valence-corrected chi connectivity index (χ2v) is 7.47. The van der Waals surface area contributed by atoms with Crippen LogP contribution in [0.4, 0.5) is 0 Å². The van der Waals surface area contributed by atoms with Crippen molar-refractivity contribution in [1.82, 2.24) is 0 Å². The summed E-state index contributed by atoms with van der Waals surface area (Å²) in [7, 11) is 0. The van der Waals surface area contributed by atoms with E-state index in [2.05, 4.69) is 0 Å². The molecule has 1 aliphatic rings. The Bertz CT molecular complexity index is 955. The van der Waals surface area contributed by atoms with Gasteiger partial charge in [-0.1, -0.05) is 0 Å². The predicted octanol–water partition coefficient (Wildman–Crippen LogP) is 1.16. The number of carboxylic acids is 1. The minimum absolute atomic E-state index is 0.0198. The van der Waals surface area contributed by atoms with Crippen LogP contribution in [0.15, 0.2) is 18.2 Å². The van der Waals surface area contributed by atoms with Crippen LogP contribution in [0.25, 0.3) is 0 Å². The molecule has 1 unspecified atom stereocenters. The van der Waals surface area contributed by atoms with Gasteiger partial charge in [-0.2, -0.15) is 0 Å². The third kappa shape index (κ3) is 7.17. The molecule has 1 aliphatic heterocycles. The van der Waals surface area contributed by atoms with E-state index in [9.17, 15) is 24.0 Å². The van der Waals surface area contributed by atoms with Crippen molar-refractivity contribution in [3.05, 3.63) is 29.3 Å². The first-order valence-corrected chi connectivity index (χ1v) is 10.2. The second-order valence-electron chi connectivity index (χ2n) is 7.47. The van der Waals surface area contributed by atoms with Crippen LogP contribution in [0.1, 0.15) is 43.6 Å². The van der Waals surface area contributed by atoms with E-state index in [1.807, 2.05) is 0 Å². The molecule has 0 amide bonds. The molecule has 0 bridgehead atoms. The van der Waals surface area contributed by atoms with Crippen LogP contribution in [0.2, 0.25) is 0 Å². The maximum Gasteiger partial charge on any atom is 0.335 e. The van der Waals surface area contributed by atoms with Crippen molar-refractivity contribution in [2.24, 2.45) is 0 Å². The molecule has 0 aromatic heterocycles. The van der Waals surface area contributed by atoms with Gasteiger partial charge in [-0.05, 0) is 30.7 Å². The van der Waals surface area contributed by atoms with Crippen LogP contribution in [-0.4, -0.2) is 72.3 Å². The Labute approximate surface area is 195 Å². The fraction of sp³-hybridized carbons (Fsp3) is 0.500. The normalized spacial score (nSPS) is 23.9. The van der Waals surface area contributed by atoms with E-state index >= 15 is 0 Å². The van der Waals surface area contributed by atoms with Crippen molar-refractivity contribution >= 4 is 29.8 Å². The van der Waals surface area contributed by atoms with Gasteiger partial charge in [0, 0.05) is 27.7 Å². The number of aromatic carboxylic acids is 1. The smallest absolute Gasteiger partial charge is 0.335 e. The van der Waals surface area contributed by atoms with E-state index in [1.54, 1.807) is 6.92 Å². The van der Waals surface area contributed by atoms with E-state index in [1.165, 1.54) is 18.2 Å². The minimum Gasteiger partial charge on any atom is -0.478 e. The summed E-state index contributed by atoms with van der Waals surface area (Å²) in [6.45, 7) is 5.69. The largest absolute Gasteiger partial charge is 0.478 e. The van der Waals surface area contributed by atoms with Crippen molar-refractivity contribution in [3.8, 4) is 5.75 Å². The molecular weight excluding hydrogens is 456 g/mol. The number of ether oxygens (including phenoxy) is 6. The highest BCUT2D eigenvalue weighted by Gasteiger charge is 2.53. The lowest BCUT2D eigenvalue weighted by atomic mass is 9.98. The zero-order valence-electron chi connectivity index (χ0n) is 19.3. The molecule has 12 nitrogen and oxygen atoms in total. The molecule has 1 N–H and O–H groups in total. The van der Waals surface area contributed by atoms with Gasteiger partial charge in [0.05, 0.1) is 5.56 Å². The standard InChI is InChI=1S/C22H26O12/c1-10-8-15(21(27)28)6-7-16(10)33-22-20(32-14(5)26)19(31-13(4)25)18(30-12(3)24)17(34-22)9-29-11(2)23/h6-8,17-20,22H,9H2,1-5H3,(H,27,28)/t17-,18+,19+,20-,22?/m1/s1. The Morgan fingerprint density at radius 3 is 1.91 bits per heavy atom. The number of benzene rings is 1. The zero-order valence-corrected chi connectivity index (χ0v) is 19.3. The fourth-order valence-corrected chi connectivity index (χ4v) is 3.32. The lowest BCUT2D eigenvalue weighted by molar-refractivity contribution is -0.288. The molecule has 0 saturated carbocycles. The van der Waals surface area contributed by atoms with Crippen molar-refractivity contribution in [2.45, 2.75) is 65.3 Å². The molecule has 1 aromatic carbocycles. The summed E-state index contributed by atoms with van der Waals surface area (Å²) in [4.78, 5) is 58.0. The summed E-state index contributed by atoms with van der Waals surface area (Å²) in [5, 5.41) is 9.17. The van der Waals surface area contributed by atoms with Crippen molar-refractivity contribution in [2.75, 3.05) is 6.61 Å². The van der Waals surface area contributed by atoms with Crippen LogP contribution < -0.4 is 4.74 Å². The highest BCUT2D eigenvalue weighted by molar-refractivity contribution is 5.88. The first-order valence-electron chi connectivity index (χ1n) is 10.2. The van der Waals surface area contributed by atoms with Crippen LogP contribution in [0, 0.1) is 6.92 Å². The number of rotatable bonds is 8. The first-order chi connectivity index (χ1) is 15.9. The number of hydrogen-bond donors (Lipinski definition) is 1. The Morgan fingerprint density at radius 1 is 0.853 bits per heavy atom. The van der Waals surface area contributed by atoms with Gasteiger partial charge in [0.2, 0.25) is 12.4 Å². The molecule has 34 heavy (non-hydrogen) atoms. The molecule has 1 fully saturated rings. The number of esters is 4.